The third-order valence-corrected chi connectivity index (χ3v) is 8.36. The molecule has 0 radical (unpaired) electrons. The largest absolute Gasteiger partial charge is 0.481 e. The number of carbonyl (C=O) groups is 3. The number of hydrogen-bond acceptors (Lipinski definition) is 5. The predicted molar refractivity (Wildman–Crippen MR) is 158 cm³/mol. The van der Waals surface area contributed by atoms with Crippen molar-refractivity contribution in [2.24, 2.45) is 10.8 Å². The zero-order valence-electron chi connectivity index (χ0n) is 22.8. The average Bonchev–Trinajstić information content (AvgIpc) is 2.82. The summed E-state index contributed by atoms with van der Waals surface area (Å²) in [5, 5.41) is 7.17. The Balaban J connectivity index is 1.47. The third kappa shape index (κ3) is 5.81. The van der Waals surface area contributed by atoms with Crippen LogP contribution in [0, 0.1) is 10.8 Å². The van der Waals surface area contributed by atoms with Crippen LogP contribution in [0.15, 0.2) is 58.9 Å². The number of amides is 1. The molecule has 9 heteroatoms. The first-order valence-electron chi connectivity index (χ1n) is 13.2. The lowest BCUT2D eigenvalue weighted by Gasteiger charge is -2.44. The van der Waals surface area contributed by atoms with Gasteiger partial charge in [0.1, 0.15) is 0 Å². The van der Waals surface area contributed by atoms with Gasteiger partial charge in [-0.1, -0.05) is 62.5 Å². The molecule has 6 nitrogen and oxygen atoms in total. The first-order valence-corrected chi connectivity index (χ1v) is 14.3. The van der Waals surface area contributed by atoms with Crippen molar-refractivity contribution in [2.45, 2.75) is 59.3 Å². The fourth-order valence-corrected chi connectivity index (χ4v) is 6.71. The number of hydrogen-bond donors (Lipinski definition) is 2. The van der Waals surface area contributed by atoms with Gasteiger partial charge in [0, 0.05) is 52.0 Å². The van der Waals surface area contributed by atoms with Gasteiger partial charge in [-0.2, -0.15) is 0 Å². The first kappa shape index (κ1) is 28.7. The normalized spacial score (nSPS) is 20.1. The molecule has 2 aromatic carbocycles. The zero-order chi connectivity index (χ0) is 29.0. The molecule has 40 heavy (non-hydrogen) atoms. The standard InChI is InChI=1S/C31H31Cl3N2O4/c1-30(2)11-21-27(23(37)13-30)26(28-22(36-21)12-31(3,4)14-24(28)38)16-9-19(33)29(20(34)10-16)40-15-25(39)35-18-7-5-17(32)6-8-18/h5-10,26,36H,11-15H2,1-4H3,(H,35,39). The van der Waals surface area contributed by atoms with Gasteiger partial charge < -0.3 is 15.4 Å². The van der Waals surface area contributed by atoms with Crippen molar-refractivity contribution >= 4 is 58.0 Å². The molecule has 1 heterocycles. The van der Waals surface area contributed by atoms with E-state index >= 15 is 0 Å². The van der Waals surface area contributed by atoms with Crippen molar-refractivity contribution in [3.8, 4) is 5.75 Å². The molecule has 2 aromatic rings. The van der Waals surface area contributed by atoms with Crippen LogP contribution in [0.5, 0.6) is 5.75 Å². The highest BCUT2D eigenvalue weighted by Gasteiger charge is 2.46. The van der Waals surface area contributed by atoms with Gasteiger partial charge >= 0.3 is 0 Å². The summed E-state index contributed by atoms with van der Waals surface area (Å²) in [4.78, 5) is 39.5. The Hall–Kier alpha value is -2.80. The van der Waals surface area contributed by atoms with E-state index in [1.807, 2.05) is 0 Å². The molecule has 0 bridgehead atoms. The van der Waals surface area contributed by atoms with Crippen molar-refractivity contribution in [1.82, 2.24) is 5.32 Å². The van der Waals surface area contributed by atoms with Crippen LogP contribution < -0.4 is 15.4 Å². The summed E-state index contributed by atoms with van der Waals surface area (Å²) in [7, 11) is 0. The second-order valence-corrected chi connectivity index (χ2v) is 13.6. The SMILES string of the molecule is CC1(C)CC(=O)C2=C(C1)NC1=C(C(=O)CC(C)(C)C1)C2c1cc(Cl)c(OCC(=O)Nc2ccc(Cl)cc2)c(Cl)c1. The summed E-state index contributed by atoms with van der Waals surface area (Å²) in [5.74, 6) is -0.787. The van der Waals surface area contributed by atoms with E-state index in [9.17, 15) is 14.4 Å². The van der Waals surface area contributed by atoms with Crippen molar-refractivity contribution in [3.63, 3.8) is 0 Å². The summed E-state index contributed by atoms with van der Waals surface area (Å²) in [6, 6.07) is 10.1. The number of anilines is 1. The Labute approximate surface area is 249 Å². The maximum Gasteiger partial charge on any atom is 0.262 e. The smallest absolute Gasteiger partial charge is 0.262 e. The molecule has 0 saturated carbocycles. The van der Waals surface area contributed by atoms with Crippen molar-refractivity contribution < 1.29 is 19.1 Å². The van der Waals surface area contributed by atoms with E-state index in [0.29, 0.717) is 53.1 Å². The average molecular weight is 602 g/mol. The second-order valence-electron chi connectivity index (χ2n) is 12.4. The number of nitrogens with one attached hydrogen (secondary N) is 2. The van der Waals surface area contributed by atoms with Crippen LogP contribution in [-0.2, 0) is 14.4 Å². The fraction of sp³-hybridized carbons (Fsp3) is 0.387. The number of Topliss-reactive ketones (excluding diaryl/α,β-unsaturated/α-hetero) is 2. The van der Waals surface area contributed by atoms with Crippen LogP contribution in [0.1, 0.15) is 64.9 Å². The van der Waals surface area contributed by atoms with Crippen molar-refractivity contribution in [3.05, 3.63) is 79.6 Å². The molecule has 0 aromatic heterocycles. The van der Waals surface area contributed by atoms with E-state index in [0.717, 1.165) is 11.4 Å². The van der Waals surface area contributed by atoms with E-state index < -0.39 is 11.8 Å². The summed E-state index contributed by atoms with van der Waals surface area (Å²) in [6.07, 6.45) is 2.16. The molecule has 1 aliphatic heterocycles. The van der Waals surface area contributed by atoms with Crippen LogP contribution in [0.3, 0.4) is 0 Å². The van der Waals surface area contributed by atoms with E-state index in [1.54, 1.807) is 36.4 Å². The maximum atomic E-state index is 13.5. The molecule has 3 aliphatic rings. The quantitative estimate of drug-likeness (QED) is 0.368. The molecule has 5 rings (SSSR count). The Morgan fingerprint density at radius 3 is 1.88 bits per heavy atom. The highest BCUT2D eigenvalue weighted by Crippen LogP contribution is 2.52. The van der Waals surface area contributed by atoms with E-state index in [2.05, 4.69) is 38.3 Å². The molecule has 2 N–H and O–H groups in total. The second kappa shape index (κ2) is 10.6. The van der Waals surface area contributed by atoms with Crippen LogP contribution in [0.25, 0.3) is 0 Å². The molecule has 2 aliphatic carbocycles. The predicted octanol–water partition coefficient (Wildman–Crippen LogP) is 7.64. The third-order valence-electron chi connectivity index (χ3n) is 7.55. The number of rotatable bonds is 5. The molecule has 0 saturated heterocycles. The number of ketones is 2. The van der Waals surface area contributed by atoms with E-state index in [4.69, 9.17) is 39.5 Å². The van der Waals surface area contributed by atoms with Crippen LogP contribution in [0.2, 0.25) is 15.1 Å². The Morgan fingerprint density at radius 1 is 0.875 bits per heavy atom. The van der Waals surface area contributed by atoms with Gasteiger partial charge in [0.25, 0.3) is 5.91 Å². The minimum Gasteiger partial charge on any atom is -0.481 e. The van der Waals surface area contributed by atoms with Crippen LogP contribution in [0.4, 0.5) is 5.69 Å². The number of dihydropyridines is 1. The fourth-order valence-electron chi connectivity index (χ4n) is 5.97. The molecule has 210 valence electrons. The van der Waals surface area contributed by atoms with Gasteiger partial charge in [-0.05, 0) is 65.6 Å². The first-order chi connectivity index (χ1) is 18.7. The van der Waals surface area contributed by atoms with Gasteiger partial charge in [0.2, 0.25) is 0 Å². The number of halogens is 3. The van der Waals surface area contributed by atoms with Gasteiger partial charge in [0.05, 0.1) is 10.0 Å². The summed E-state index contributed by atoms with van der Waals surface area (Å²) in [6.45, 7) is 7.99. The highest BCUT2D eigenvalue weighted by atomic mass is 35.5. The number of allylic oxidation sites excluding steroid dienone is 4. The lowest BCUT2D eigenvalue weighted by atomic mass is 9.64. The summed E-state index contributed by atoms with van der Waals surface area (Å²) >= 11 is 19.2. The van der Waals surface area contributed by atoms with Crippen LogP contribution >= 0.6 is 34.8 Å². The number of ether oxygens (including phenoxy) is 1. The topological polar surface area (TPSA) is 84.5 Å². The van der Waals surface area contributed by atoms with E-state index in [1.165, 1.54) is 0 Å². The van der Waals surface area contributed by atoms with E-state index in [-0.39, 0.29) is 44.8 Å². The molecular formula is C31H31Cl3N2O4. The van der Waals surface area contributed by atoms with Gasteiger partial charge in [-0.3, -0.25) is 14.4 Å². The van der Waals surface area contributed by atoms with Gasteiger partial charge in [-0.25, -0.2) is 0 Å². The van der Waals surface area contributed by atoms with Crippen molar-refractivity contribution in [1.29, 1.82) is 0 Å². The Bertz CT molecular complexity index is 1410. The molecule has 0 fully saturated rings. The molecule has 0 spiro atoms. The zero-order valence-corrected chi connectivity index (χ0v) is 25.1. The Morgan fingerprint density at radius 2 is 1.38 bits per heavy atom. The molecule has 0 atom stereocenters. The number of carbonyl (C=O) groups excluding carboxylic acids is 3. The molecular weight excluding hydrogens is 571 g/mol. The monoisotopic (exact) mass is 600 g/mol. The minimum absolute atomic E-state index is 0.0133. The minimum atomic E-state index is -0.573. The van der Waals surface area contributed by atoms with Gasteiger partial charge in [-0.15, -0.1) is 0 Å². The van der Waals surface area contributed by atoms with Crippen molar-refractivity contribution in [2.75, 3.05) is 11.9 Å². The van der Waals surface area contributed by atoms with Gasteiger partial charge in [0.15, 0.2) is 23.9 Å². The number of benzene rings is 2. The summed E-state index contributed by atoms with van der Waals surface area (Å²) in [5.41, 5.74) is 3.77. The maximum absolute atomic E-state index is 13.5. The Kier molecular flexibility index (Phi) is 7.58. The van der Waals surface area contributed by atoms with Crippen LogP contribution in [-0.4, -0.2) is 24.1 Å². The summed E-state index contributed by atoms with van der Waals surface area (Å²) < 4.78 is 5.71. The molecule has 1 amide bonds. The molecule has 0 unspecified atom stereocenters. The lowest BCUT2D eigenvalue weighted by Crippen LogP contribution is -2.42. The lowest BCUT2D eigenvalue weighted by molar-refractivity contribution is -0.119. The highest BCUT2D eigenvalue weighted by molar-refractivity contribution is 6.37.